The van der Waals surface area contributed by atoms with Gasteiger partial charge in [0.1, 0.15) is 0 Å². The number of halogens is 1. The van der Waals surface area contributed by atoms with E-state index in [9.17, 15) is 8.42 Å². The maximum absolute atomic E-state index is 12.3. The molecule has 0 aliphatic rings. The van der Waals surface area contributed by atoms with Crippen molar-refractivity contribution in [3.8, 4) is 11.5 Å². The number of rotatable bonds is 7. The number of anilines is 1. The van der Waals surface area contributed by atoms with Gasteiger partial charge in [0, 0.05) is 12.2 Å². The predicted octanol–water partition coefficient (Wildman–Crippen LogP) is 2.81. The molecular weight excluding hydrogens is 352 g/mol. The second kappa shape index (κ2) is 7.74. The van der Waals surface area contributed by atoms with E-state index < -0.39 is 10.0 Å². The molecule has 0 spiro atoms. The smallest absolute Gasteiger partial charge is 0.240 e. The molecule has 0 fully saturated rings. The van der Waals surface area contributed by atoms with Gasteiger partial charge in [0.15, 0.2) is 11.5 Å². The molecule has 0 radical (unpaired) electrons. The molecule has 0 saturated heterocycles. The van der Waals surface area contributed by atoms with Crippen LogP contribution in [-0.2, 0) is 16.6 Å². The average molecular weight is 371 g/mol. The summed E-state index contributed by atoms with van der Waals surface area (Å²) in [5.74, 6) is 0.887. The Morgan fingerprint density at radius 2 is 1.88 bits per heavy atom. The second-order valence-corrected chi connectivity index (χ2v) is 7.11. The van der Waals surface area contributed by atoms with Gasteiger partial charge in [-0.3, -0.25) is 0 Å². The van der Waals surface area contributed by atoms with Gasteiger partial charge < -0.3 is 15.2 Å². The molecule has 0 aliphatic heterocycles. The number of nitrogen functional groups attached to an aromatic ring is 1. The minimum atomic E-state index is -3.65. The summed E-state index contributed by atoms with van der Waals surface area (Å²) in [6.45, 7) is 2.35. The molecule has 0 atom stereocenters. The van der Waals surface area contributed by atoms with Gasteiger partial charge in [-0.25, -0.2) is 13.1 Å². The third-order valence-corrected chi connectivity index (χ3v) is 4.93. The van der Waals surface area contributed by atoms with Gasteiger partial charge in [0.05, 0.1) is 23.6 Å². The lowest BCUT2D eigenvalue weighted by Crippen LogP contribution is -2.23. The lowest BCUT2D eigenvalue weighted by Gasteiger charge is -2.13. The van der Waals surface area contributed by atoms with E-state index >= 15 is 0 Å². The van der Waals surface area contributed by atoms with Crippen LogP contribution >= 0.6 is 11.6 Å². The van der Waals surface area contributed by atoms with E-state index in [2.05, 4.69) is 4.72 Å². The molecule has 24 heavy (non-hydrogen) atoms. The molecule has 2 rings (SSSR count). The van der Waals surface area contributed by atoms with Crippen LogP contribution in [0.15, 0.2) is 41.3 Å². The second-order valence-electron chi connectivity index (χ2n) is 4.94. The lowest BCUT2D eigenvalue weighted by atomic mass is 10.2. The minimum absolute atomic E-state index is 0.0647. The number of nitrogens with two attached hydrogens (primary N) is 1. The predicted molar refractivity (Wildman–Crippen MR) is 94.1 cm³/mol. The normalized spacial score (nSPS) is 11.3. The minimum Gasteiger partial charge on any atom is -0.493 e. The monoisotopic (exact) mass is 370 g/mol. The van der Waals surface area contributed by atoms with Crippen LogP contribution in [0.25, 0.3) is 0 Å². The largest absolute Gasteiger partial charge is 0.493 e. The first kappa shape index (κ1) is 18.4. The van der Waals surface area contributed by atoms with Crippen molar-refractivity contribution in [3.05, 3.63) is 47.0 Å². The number of hydrogen-bond donors (Lipinski definition) is 2. The Morgan fingerprint density at radius 3 is 2.46 bits per heavy atom. The van der Waals surface area contributed by atoms with E-state index in [0.717, 1.165) is 0 Å². The van der Waals surface area contributed by atoms with Crippen molar-refractivity contribution >= 4 is 27.3 Å². The van der Waals surface area contributed by atoms with Crippen LogP contribution in [-0.4, -0.2) is 22.1 Å². The van der Waals surface area contributed by atoms with Crippen molar-refractivity contribution in [1.29, 1.82) is 0 Å². The summed E-state index contributed by atoms with van der Waals surface area (Å²) < 4.78 is 37.8. The van der Waals surface area contributed by atoms with Crippen molar-refractivity contribution in [2.45, 2.75) is 18.4 Å². The van der Waals surface area contributed by atoms with Gasteiger partial charge in [0.2, 0.25) is 10.0 Å². The highest BCUT2D eigenvalue weighted by molar-refractivity contribution is 7.89. The fraction of sp³-hybridized carbons (Fsp3) is 0.250. The fourth-order valence-corrected chi connectivity index (χ4v) is 3.37. The quantitative estimate of drug-likeness (QED) is 0.731. The molecule has 0 aliphatic carbocycles. The maximum atomic E-state index is 12.3. The van der Waals surface area contributed by atoms with E-state index in [4.69, 9.17) is 26.8 Å². The van der Waals surface area contributed by atoms with Crippen molar-refractivity contribution in [2.24, 2.45) is 0 Å². The molecule has 2 aromatic rings. The molecule has 0 heterocycles. The van der Waals surface area contributed by atoms with Crippen LogP contribution in [0.5, 0.6) is 11.5 Å². The summed E-state index contributed by atoms with van der Waals surface area (Å²) in [7, 11) is -2.15. The molecule has 0 saturated carbocycles. The Kier molecular flexibility index (Phi) is 5.93. The Morgan fingerprint density at radius 1 is 1.21 bits per heavy atom. The van der Waals surface area contributed by atoms with Gasteiger partial charge in [0.25, 0.3) is 0 Å². The number of methoxy groups -OCH3 is 1. The Hall–Kier alpha value is -1.96. The summed E-state index contributed by atoms with van der Waals surface area (Å²) >= 11 is 6.18. The van der Waals surface area contributed by atoms with Gasteiger partial charge in [-0.15, -0.1) is 0 Å². The molecule has 6 nitrogen and oxygen atoms in total. The summed E-state index contributed by atoms with van der Waals surface area (Å²) in [4.78, 5) is 0.140. The van der Waals surface area contributed by atoms with Crippen molar-refractivity contribution < 1.29 is 17.9 Å². The fourth-order valence-electron chi connectivity index (χ4n) is 2.07. The zero-order valence-corrected chi connectivity index (χ0v) is 14.9. The van der Waals surface area contributed by atoms with Crippen LogP contribution in [0.3, 0.4) is 0 Å². The van der Waals surface area contributed by atoms with Crippen LogP contribution < -0.4 is 19.9 Å². The standard InChI is InChI=1S/C16H19ClN2O4S/c1-3-23-16-14(17)8-11(9-15(16)22-2)10-19-24(20,21)13-6-4-12(18)5-7-13/h4-9,19H,3,10,18H2,1-2H3. The summed E-state index contributed by atoms with van der Waals surface area (Å²) in [5, 5.41) is 0.359. The number of sulfonamides is 1. The van der Waals surface area contributed by atoms with Crippen LogP contribution in [0, 0.1) is 0 Å². The highest BCUT2D eigenvalue weighted by Crippen LogP contribution is 2.36. The first-order chi connectivity index (χ1) is 11.4. The molecule has 8 heteroatoms. The van der Waals surface area contributed by atoms with Crippen LogP contribution in [0.1, 0.15) is 12.5 Å². The van der Waals surface area contributed by atoms with Crippen LogP contribution in [0.2, 0.25) is 5.02 Å². The number of ether oxygens (including phenoxy) is 2. The molecule has 3 N–H and O–H groups in total. The highest BCUT2D eigenvalue weighted by Gasteiger charge is 2.16. The first-order valence-corrected chi connectivity index (χ1v) is 9.08. The first-order valence-electron chi connectivity index (χ1n) is 7.21. The molecule has 0 amide bonds. The van der Waals surface area contributed by atoms with Gasteiger partial charge in [-0.2, -0.15) is 0 Å². The molecule has 2 aromatic carbocycles. The maximum Gasteiger partial charge on any atom is 0.240 e. The van der Waals surface area contributed by atoms with E-state index in [0.29, 0.717) is 34.4 Å². The lowest BCUT2D eigenvalue weighted by molar-refractivity contribution is 0.311. The zero-order chi connectivity index (χ0) is 17.7. The highest BCUT2D eigenvalue weighted by atomic mass is 35.5. The third-order valence-electron chi connectivity index (χ3n) is 3.23. The Bertz CT molecular complexity index is 808. The van der Waals surface area contributed by atoms with Crippen molar-refractivity contribution in [2.75, 3.05) is 19.5 Å². The van der Waals surface area contributed by atoms with E-state index in [1.54, 1.807) is 12.1 Å². The average Bonchev–Trinajstić information content (AvgIpc) is 2.55. The molecule has 0 bridgehead atoms. The Balaban J connectivity index is 2.19. The van der Waals surface area contributed by atoms with E-state index in [1.165, 1.54) is 31.4 Å². The Labute approximate surface area is 146 Å². The van der Waals surface area contributed by atoms with Crippen molar-refractivity contribution in [1.82, 2.24) is 4.72 Å². The van der Waals surface area contributed by atoms with Gasteiger partial charge >= 0.3 is 0 Å². The summed E-state index contributed by atoms with van der Waals surface area (Å²) in [6, 6.07) is 9.28. The van der Waals surface area contributed by atoms with Crippen molar-refractivity contribution in [3.63, 3.8) is 0 Å². The van der Waals surface area contributed by atoms with E-state index in [1.807, 2.05) is 6.92 Å². The molecule has 0 aromatic heterocycles. The summed E-state index contributed by atoms with van der Waals surface area (Å²) in [5.41, 5.74) is 6.72. The number of nitrogens with one attached hydrogen (secondary N) is 1. The summed E-state index contributed by atoms with van der Waals surface area (Å²) in [6.07, 6.45) is 0. The third kappa shape index (κ3) is 4.31. The van der Waals surface area contributed by atoms with Crippen LogP contribution in [0.4, 0.5) is 5.69 Å². The topological polar surface area (TPSA) is 90.7 Å². The molecule has 130 valence electrons. The SMILES string of the molecule is CCOc1c(Cl)cc(CNS(=O)(=O)c2ccc(N)cc2)cc1OC. The van der Waals surface area contributed by atoms with E-state index in [-0.39, 0.29) is 11.4 Å². The number of hydrogen-bond acceptors (Lipinski definition) is 5. The van der Waals surface area contributed by atoms with Gasteiger partial charge in [-0.1, -0.05) is 11.6 Å². The van der Waals surface area contributed by atoms with Gasteiger partial charge in [-0.05, 0) is 48.9 Å². The molecular formula is C16H19ClN2O4S. The molecule has 0 unspecified atom stereocenters. The number of benzene rings is 2. The zero-order valence-electron chi connectivity index (χ0n) is 13.4.